The lowest BCUT2D eigenvalue weighted by Crippen LogP contribution is -2.47. The van der Waals surface area contributed by atoms with Gasteiger partial charge in [0.1, 0.15) is 5.78 Å². The lowest BCUT2D eigenvalue weighted by atomic mass is 9.93. The average molecular weight is 223 g/mol. The number of carbonyl (C=O) groups is 1. The Morgan fingerprint density at radius 1 is 1.56 bits per heavy atom. The largest absolute Gasteiger partial charge is 0.494 e. The molecule has 0 aliphatic carbocycles. The zero-order chi connectivity index (χ0) is 11.5. The molecular weight excluding hydrogens is 209 g/mol. The highest BCUT2D eigenvalue weighted by Crippen LogP contribution is 2.21. The Bertz CT molecular complexity index is 402. The molecule has 2 rings (SSSR count). The van der Waals surface area contributed by atoms with Gasteiger partial charge in [-0.2, -0.15) is 0 Å². The molecule has 0 unspecified atom stereocenters. The van der Waals surface area contributed by atoms with E-state index < -0.39 is 5.82 Å². The van der Waals surface area contributed by atoms with Crippen LogP contribution in [0.15, 0.2) is 18.2 Å². The van der Waals surface area contributed by atoms with Crippen molar-refractivity contribution >= 4 is 5.78 Å². The van der Waals surface area contributed by atoms with Gasteiger partial charge in [-0.3, -0.25) is 4.79 Å². The fraction of sp³-hybridized carbons (Fsp3) is 0.417. The monoisotopic (exact) mass is 223 g/mol. The molecule has 0 aromatic heterocycles. The average Bonchev–Trinajstić information content (AvgIpc) is 2.18. The lowest BCUT2D eigenvalue weighted by molar-refractivity contribution is -0.123. The van der Waals surface area contributed by atoms with Crippen LogP contribution in [0, 0.1) is 11.7 Å². The third-order valence-electron chi connectivity index (χ3n) is 2.86. The van der Waals surface area contributed by atoms with Crippen molar-refractivity contribution in [1.29, 1.82) is 0 Å². The molecule has 16 heavy (non-hydrogen) atoms. The van der Waals surface area contributed by atoms with E-state index >= 15 is 0 Å². The Morgan fingerprint density at radius 3 is 2.88 bits per heavy atom. The Morgan fingerprint density at radius 2 is 2.31 bits per heavy atom. The van der Waals surface area contributed by atoms with Crippen LogP contribution in [0.25, 0.3) is 0 Å². The van der Waals surface area contributed by atoms with Gasteiger partial charge in [0, 0.05) is 25.4 Å². The van der Waals surface area contributed by atoms with E-state index in [0.29, 0.717) is 18.7 Å². The molecule has 1 aromatic rings. The highest BCUT2D eigenvalue weighted by Gasteiger charge is 2.25. The fourth-order valence-corrected chi connectivity index (χ4v) is 1.70. The number of benzene rings is 1. The van der Waals surface area contributed by atoms with Gasteiger partial charge in [0.15, 0.2) is 11.6 Å². The van der Waals surface area contributed by atoms with Crippen LogP contribution in [-0.4, -0.2) is 26.0 Å². The van der Waals surface area contributed by atoms with Crippen LogP contribution in [0.5, 0.6) is 5.75 Å². The molecule has 0 amide bonds. The molecule has 3 nitrogen and oxygen atoms in total. The zero-order valence-electron chi connectivity index (χ0n) is 9.13. The van der Waals surface area contributed by atoms with Crippen molar-refractivity contribution in [2.75, 3.05) is 20.2 Å². The van der Waals surface area contributed by atoms with E-state index in [9.17, 15) is 9.18 Å². The van der Waals surface area contributed by atoms with E-state index in [1.807, 2.05) is 0 Å². The fourth-order valence-electron chi connectivity index (χ4n) is 1.70. The number of ketones is 1. The summed E-state index contributed by atoms with van der Waals surface area (Å²) in [5.74, 6) is -0.0980. The number of methoxy groups -OCH3 is 1. The second kappa shape index (κ2) is 4.61. The first-order valence-electron chi connectivity index (χ1n) is 5.27. The van der Waals surface area contributed by atoms with E-state index in [2.05, 4.69) is 5.32 Å². The minimum absolute atomic E-state index is 0.0469. The number of Topliss-reactive ketones (excluding diaryl/α,β-unsaturated/α-hetero) is 1. The predicted molar refractivity (Wildman–Crippen MR) is 58.0 cm³/mol. The van der Waals surface area contributed by atoms with Crippen molar-refractivity contribution in [3.63, 3.8) is 0 Å². The minimum Gasteiger partial charge on any atom is -0.494 e. The van der Waals surface area contributed by atoms with Crippen LogP contribution >= 0.6 is 0 Å². The van der Waals surface area contributed by atoms with Gasteiger partial charge >= 0.3 is 0 Å². The smallest absolute Gasteiger partial charge is 0.168 e. The molecule has 1 aromatic carbocycles. The van der Waals surface area contributed by atoms with Gasteiger partial charge in [-0.05, 0) is 11.6 Å². The maximum Gasteiger partial charge on any atom is 0.168 e. The third-order valence-corrected chi connectivity index (χ3v) is 2.86. The van der Waals surface area contributed by atoms with Crippen LogP contribution < -0.4 is 10.1 Å². The second-order valence-corrected chi connectivity index (χ2v) is 3.93. The molecule has 4 heteroatoms. The van der Waals surface area contributed by atoms with Crippen LogP contribution in [0.3, 0.4) is 0 Å². The van der Waals surface area contributed by atoms with Gasteiger partial charge in [-0.25, -0.2) is 4.39 Å². The van der Waals surface area contributed by atoms with Crippen molar-refractivity contribution in [3.05, 3.63) is 29.6 Å². The first-order chi connectivity index (χ1) is 7.72. The van der Waals surface area contributed by atoms with Gasteiger partial charge in [-0.1, -0.05) is 12.1 Å². The van der Waals surface area contributed by atoms with E-state index in [1.165, 1.54) is 7.11 Å². The van der Waals surface area contributed by atoms with Crippen LogP contribution in [0.4, 0.5) is 4.39 Å². The maximum absolute atomic E-state index is 13.7. The number of rotatable bonds is 4. The summed E-state index contributed by atoms with van der Waals surface area (Å²) in [6.45, 7) is 1.43. The molecule has 1 aliphatic heterocycles. The quantitative estimate of drug-likeness (QED) is 0.832. The number of hydrogen-bond donors (Lipinski definition) is 1. The minimum atomic E-state index is -0.425. The Labute approximate surface area is 93.6 Å². The van der Waals surface area contributed by atoms with Crippen LogP contribution in [0.2, 0.25) is 0 Å². The molecule has 0 saturated carbocycles. The van der Waals surface area contributed by atoms with E-state index in [-0.39, 0.29) is 23.9 Å². The van der Waals surface area contributed by atoms with Crippen LogP contribution in [0.1, 0.15) is 5.56 Å². The Kier molecular flexibility index (Phi) is 3.19. The molecule has 0 radical (unpaired) electrons. The van der Waals surface area contributed by atoms with Crippen LogP contribution in [-0.2, 0) is 11.2 Å². The molecular formula is C12H14FNO2. The number of carbonyl (C=O) groups excluding carboxylic acids is 1. The standard InChI is InChI=1S/C12H14FNO2/c1-16-11-4-2-3-8(12(11)13)5-10(15)9-6-14-7-9/h2-4,9,14H,5-7H2,1H3. The summed E-state index contributed by atoms with van der Waals surface area (Å²) in [5, 5.41) is 3.03. The van der Waals surface area contributed by atoms with Crippen molar-refractivity contribution in [2.24, 2.45) is 5.92 Å². The summed E-state index contributed by atoms with van der Waals surface area (Å²) >= 11 is 0. The Balaban J connectivity index is 2.11. The van der Waals surface area contributed by atoms with Crippen molar-refractivity contribution in [3.8, 4) is 5.75 Å². The summed E-state index contributed by atoms with van der Waals surface area (Å²) in [5.41, 5.74) is 0.413. The van der Waals surface area contributed by atoms with Gasteiger partial charge in [-0.15, -0.1) is 0 Å². The Hall–Kier alpha value is -1.42. The normalized spacial score (nSPS) is 15.6. The van der Waals surface area contributed by atoms with E-state index in [4.69, 9.17) is 4.74 Å². The second-order valence-electron chi connectivity index (χ2n) is 3.93. The number of hydrogen-bond acceptors (Lipinski definition) is 3. The lowest BCUT2D eigenvalue weighted by Gasteiger charge is -2.25. The molecule has 1 N–H and O–H groups in total. The predicted octanol–water partition coefficient (Wildman–Crippen LogP) is 1.17. The summed E-state index contributed by atoms with van der Waals surface area (Å²) in [4.78, 5) is 11.7. The molecule has 1 saturated heterocycles. The summed E-state index contributed by atoms with van der Waals surface area (Å²) < 4.78 is 18.6. The third kappa shape index (κ3) is 2.07. The molecule has 1 aliphatic rings. The summed E-state index contributed by atoms with van der Waals surface area (Å²) in [7, 11) is 1.42. The molecule has 0 spiro atoms. The topological polar surface area (TPSA) is 38.3 Å². The molecule has 0 bridgehead atoms. The van der Waals surface area contributed by atoms with Crippen molar-refractivity contribution in [2.45, 2.75) is 6.42 Å². The van der Waals surface area contributed by atoms with E-state index in [0.717, 1.165) is 0 Å². The summed E-state index contributed by atoms with van der Waals surface area (Å²) in [6.07, 6.45) is 0.148. The highest BCUT2D eigenvalue weighted by molar-refractivity contribution is 5.84. The first-order valence-corrected chi connectivity index (χ1v) is 5.27. The van der Waals surface area contributed by atoms with Crippen molar-refractivity contribution in [1.82, 2.24) is 5.32 Å². The van der Waals surface area contributed by atoms with Gasteiger partial charge in [0.2, 0.25) is 0 Å². The molecule has 86 valence electrons. The summed E-state index contributed by atoms with van der Waals surface area (Å²) in [6, 6.07) is 4.87. The van der Waals surface area contributed by atoms with E-state index in [1.54, 1.807) is 18.2 Å². The SMILES string of the molecule is COc1cccc(CC(=O)C2CNC2)c1F. The first kappa shape index (κ1) is 11.1. The van der Waals surface area contributed by atoms with Gasteiger partial charge < -0.3 is 10.1 Å². The van der Waals surface area contributed by atoms with Gasteiger partial charge in [0.25, 0.3) is 0 Å². The highest BCUT2D eigenvalue weighted by atomic mass is 19.1. The number of halogens is 1. The van der Waals surface area contributed by atoms with Crippen molar-refractivity contribution < 1.29 is 13.9 Å². The molecule has 1 heterocycles. The molecule has 1 fully saturated rings. The van der Waals surface area contributed by atoms with Gasteiger partial charge in [0.05, 0.1) is 7.11 Å². The maximum atomic E-state index is 13.7. The number of ether oxygens (including phenoxy) is 1. The molecule has 0 atom stereocenters. The number of nitrogens with one attached hydrogen (secondary N) is 1. The zero-order valence-corrected chi connectivity index (χ0v) is 9.13.